The minimum atomic E-state index is 0.0881. The molecule has 4 rings (SSSR count). The van der Waals surface area contributed by atoms with Crippen molar-refractivity contribution in [1.29, 1.82) is 0 Å². The van der Waals surface area contributed by atoms with Gasteiger partial charge < -0.3 is 9.42 Å². The Labute approximate surface area is 147 Å². The first kappa shape index (κ1) is 16.3. The Bertz CT molecular complexity index is 753. The van der Waals surface area contributed by atoms with Crippen LogP contribution < -0.4 is 0 Å². The maximum Gasteiger partial charge on any atom is 0.223 e. The van der Waals surface area contributed by atoms with Crippen LogP contribution in [-0.2, 0) is 17.9 Å². The number of hydrogen-bond acceptors (Lipinski definition) is 5. The van der Waals surface area contributed by atoms with Crippen LogP contribution >= 0.6 is 0 Å². The fourth-order valence-electron chi connectivity index (χ4n) is 4.20. The standard InChI is InChI=1S/C19H24N4O2/c1-14-17(15(2)25-21-14)11-23-13-19(9-18(23)24)6-8-22(12-19)10-16-5-3-4-7-20-16/h3-5,7H,6,8-13H2,1-2H3/t19-/m0/s1. The summed E-state index contributed by atoms with van der Waals surface area (Å²) in [6.45, 7) is 8.15. The molecule has 0 aromatic carbocycles. The molecule has 1 spiro atoms. The molecule has 0 aliphatic carbocycles. The number of amides is 1. The zero-order chi connectivity index (χ0) is 17.4. The van der Waals surface area contributed by atoms with Crippen LogP contribution in [-0.4, -0.2) is 45.5 Å². The highest BCUT2D eigenvalue weighted by Crippen LogP contribution is 2.41. The van der Waals surface area contributed by atoms with Gasteiger partial charge in [0.1, 0.15) is 5.76 Å². The second-order valence-electron chi connectivity index (χ2n) is 7.51. The van der Waals surface area contributed by atoms with Crippen molar-refractivity contribution >= 4 is 5.91 Å². The van der Waals surface area contributed by atoms with Gasteiger partial charge in [-0.2, -0.15) is 0 Å². The van der Waals surface area contributed by atoms with E-state index in [2.05, 4.69) is 21.1 Å². The monoisotopic (exact) mass is 340 g/mol. The van der Waals surface area contributed by atoms with Crippen LogP contribution in [0.15, 0.2) is 28.9 Å². The molecule has 2 aromatic heterocycles. The maximum absolute atomic E-state index is 12.6. The van der Waals surface area contributed by atoms with Crippen molar-refractivity contribution in [2.75, 3.05) is 19.6 Å². The van der Waals surface area contributed by atoms with Gasteiger partial charge in [-0.05, 0) is 38.9 Å². The molecule has 0 unspecified atom stereocenters. The molecule has 4 heterocycles. The molecule has 2 aliphatic heterocycles. The topological polar surface area (TPSA) is 62.5 Å². The summed E-state index contributed by atoms with van der Waals surface area (Å²) in [4.78, 5) is 21.4. The van der Waals surface area contributed by atoms with E-state index in [0.29, 0.717) is 13.0 Å². The summed E-state index contributed by atoms with van der Waals surface area (Å²) in [5.74, 6) is 1.06. The zero-order valence-electron chi connectivity index (χ0n) is 14.9. The highest BCUT2D eigenvalue weighted by atomic mass is 16.5. The second-order valence-corrected chi connectivity index (χ2v) is 7.51. The molecule has 0 N–H and O–H groups in total. The predicted molar refractivity (Wildman–Crippen MR) is 92.6 cm³/mol. The molecule has 2 aliphatic rings. The van der Waals surface area contributed by atoms with Gasteiger partial charge in [0.2, 0.25) is 5.91 Å². The molecule has 0 radical (unpaired) electrons. The molecule has 2 aromatic rings. The Hall–Kier alpha value is -2.21. The number of hydrogen-bond donors (Lipinski definition) is 0. The Morgan fingerprint density at radius 1 is 1.24 bits per heavy atom. The highest BCUT2D eigenvalue weighted by Gasteiger charge is 2.47. The number of likely N-dealkylation sites (tertiary alicyclic amines) is 2. The number of pyridine rings is 1. The minimum absolute atomic E-state index is 0.0881. The third kappa shape index (κ3) is 3.18. The van der Waals surface area contributed by atoms with Crippen LogP contribution in [0.3, 0.4) is 0 Å². The van der Waals surface area contributed by atoms with Crippen LogP contribution in [0.5, 0.6) is 0 Å². The molecule has 1 amide bonds. The fraction of sp³-hybridized carbons (Fsp3) is 0.526. The second kappa shape index (κ2) is 6.26. The van der Waals surface area contributed by atoms with E-state index in [-0.39, 0.29) is 11.3 Å². The molecule has 2 saturated heterocycles. The van der Waals surface area contributed by atoms with Gasteiger partial charge in [0.05, 0.1) is 17.9 Å². The zero-order valence-corrected chi connectivity index (χ0v) is 14.9. The van der Waals surface area contributed by atoms with Gasteiger partial charge in [0.15, 0.2) is 0 Å². The molecule has 132 valence electrons. The van der Waals surface area contributed by atoms with E-state index in [1.54, 1.807) is 0 Å². The quantitative estimate of drug-likeness (QED) is 0.855. The van der Waals surface area contributed by atoms with Crippen LogP contribution in [0.25, 0.3) is 0 Å². The van der Waals surface area contributed by atoms with E-state index in [1.807, 2.05) is 37.1 Å². The number of carbonyl (C=O) groups excluding carboxylic acids is 1. The normalized spacial score (nSPS) is 23.9. The first-order chi connectivity index (χ1) is 12.0. The smallest absolute Gasteiger partial charge is 0.223 e. The first-order valence-corrected chi connectivity index (χ1v) is 8.86. The number of carbonyl (C=O) groups is 1. The summed E-state index contributed by atoms with van der Waals surface area (Å²) in [6.07, 6.45) is 3.56. The lowest BCUT2D eigenvalue weighted by molar-refractivity contribution is -0.128. The lowest BCUT2D eigenvalue weighted by Gasteiger charge is -2.24. The summed E-state index contributed by atoms with van der Waals surface area (Å²) in [6, 6.07) is 6.03. The summed E-state index contributed by atoms with van der Waals surface area (Å²) in [7, 11) is 0. The van der Waals surface area contributed by atoms with Crippen LogP contribution in [0.4, 0.5) is 0 Å². The van der Waals surface area contributed by atoms with Crippen LogP contribution in [0.2, 0.25) is 0 Å². The first-order valence-electron chi connectivity index (χ1n) is 8.86. The number of nitrogens with zero attached hydrogens (tertiary/aromatic N) is 4. The third-order valence-electron chi connectivity index (χ3n) is 5.56. The number of aryl methyl sites for hydroxylation is 2. The molecule has 1 atom stereocenters. The Morgan fingerprint density at radius 2 is 2.12 bits per heavy atom. The summed E-state index contributed by atoms with van der Waals surface area (Å²) in [5.41, 5.74) is 3.12. The van der Waals surface area contributed by atoms with Crippen molar-refractivity contribution in [3.63, 3.8) is 0 Å². The summed E-state index contributed by atoms with van der Waals surface area (Å²) in [5, 5.41) is 4.00. The van der Waals surface area contributed by atoms with Crippen molar-refractivity contribution < 1.29 is 9.32 Å². The minimum Gasteiger partial charge on any atom is -0.361 e. The van der Waals surface area contributed by atoms with Crippen molar-refractivity contribution in [2.24, 2.45) is 5.41 Å². The molecular formula is C19H24N4O2. The summed E-state index contributed by atoms with van der Waals surface area (Å²) >= 11 is 0. The largest absolute Gasteiger partial charge is 0.361 e. The highest BCUT2D eigenvalue weighted by molar-refractivity contribution is 5.79. The maximum atomic E-state index is 12.6. The third-order valence-corrected chi connectivity index (χ3v) is 5.56. The fourth-order valence-corrected chi connectivity index (χ4v) is 4.20. The van der Waals surface area contributed by atoms with Gasteiger partial charge in [-0.1, -0.05) is 11.2 Å². The van der Waals surface area contributed by atoms with Crippen molar-refractivity contribution in [3.05, 3.63) is 47.1 Å². The molecule has 6 heteroatoms. The van der Waals surface area contributed by atoms with Gasteiger partial charge in [0.25, 0.3) is 0 Å². The van der Waals surface area contributed by atoms with Crippen molar-refractivity contribution in [3.8, 4) is 0 Å². The van der Waals surface area contributed by atoms with E-state index in [1.165, 1.54) is 0 Å². The average Bonchev–Trinajstić information content (AvgIpc) is 3.23. The van der Waals surface area contributed by atoms with E-state index in [9.17, 15) is 4.79 Å². The lowest BCUT2D eigenvalue weighted by atomic mass is 9.86. The van der Waals surface area contributed by atoms with E-state index >= 15 is 0 Å². The number of aromatic nitrogens is 2. The van der Waals surface area contributed by atoms with Crippen molar-refractivity contribution in [1.82, 2.24) is 19.9 Å². The van der Waals surface area contributed by atoms with Crippen molar-refractivity contribution in [2.45, 2.75) is 39.8 Å². The molecule has 25 heavy (non-hydrogen) atoms. The van der Waals surface area contributed by atoms with Crippen LogP contribution in [0.1, 0.15) is 35.6 Å². The van der Waals surface area contributed by atoms with Gasteiger partial charge in [0, 0.05) is 43.2 Å². The SMILES string of the molecule is Cc1noc(C)c1CN1C[C@@]2(CCN(Cc3ccccn3)C2)CC1=O. The lowest BCUT2D eigenvalue weighted by Crippen LogP contribution is -2.31. The molecule has 6 nitrogen and oxygen atoms in total. The van der Waals surface area contributed by atoms with E-state index in [4.69, 9.17) is 4.52 Å². The average molecular weight is 340 g/mol. The molecule has 0 saturated carbocycles. The van der Waals surface area contributed by atoms with Gasteiger partial charge >= 0.3 is 0 Å². The van der Waals surface area contributed by atoms with Crippen LogP contribution in [0, 0.1) is 19.3 Å². The van der Waals surface area contributed by atoms with E-state index < -0.39 is 0 Å². The Balaban J connectivity index is 1.42. The van der Waals surface area contributed by atoms with E-state index in [0.717, 1.165) is 55.3 Å². The molecule has 2 fully saturated rings. The molecular weight excluding hydrogens is 316 g/mol. The number of rotatable bonds is 4. The van der Waals surface area contributed by atoms with Gasteiger partial charge in [-0.3, -0.25) is 14.7 Å². The Morgan fingerprint density at radius 3 is 2.84 bits per heavy atom. The Kier molecular flexibility index (Phi) is 4.07. The van der Waals surface area contributed by atoms with Gasteiger partial charge in [-0.25, -0.2) is 0 Å². The van der Waals surface area contributed by atoms with Gasteiger partial charge in [-0.15, -0.1) is 0 Å². The summed E-state index contributed by atoms with van der Waals surface area (Å²) < 4.78 is 5.24. The predicted octanol–water partition coefficient (Wildman–Crippen LogP) is 2.31. The molecule has 0 bridgehead atoms.